The molecule has 0 fully saturated rings. The van der Waals surface area contributed by atoms with Crippen molar-refractivity contribution >= 4 is 21.8 Å². The van der Waals surface area contributed by atoms with Crippen molar-refractivity contribution in [1.82, 2.24) is 4.72 Å². The summed E-state index contributed by atoms with van der Waals surface area (Å²) in [5.74, 6) is 2.32. The molecule has 25 heavy (non-hydrogen) atoms. The molecule has 0 heterocycles. The molecule has 0 radical (unpaired) electrons. The Morgan fingerprint density at radius 3 is 2.40 bits per heavy atom. The maximum Gasteiger partial charge on any atom is 0.241 e. The zero-order valence-electron chi connectivity index (χ0n) is 15.1. The molecule has 4 nitrogen and oxygen atoms in total. The van der Waals surface area contributed by atoms with Crippen LogP contribution in [0.25, 0.3) is 0 Å². The van der Waals surface area contributed by atoms with Gasteiger partial charge in [-0.3, -0.25) is 0 Å². The smallest absolute Gasteiger partial charge is 0.241 e. The minimum Gasteiger partial charge on any atom is -0.496 e. The van der Waals surface area contributed by atoms with Gasteiger partial charge in [0.25, 0.3) is 0 Å². The molecule has 0 saturated heterocycles. The van der Waals surface area contributed by atoms with Gasteiger partial charge in [0.15, 0.2) is 0 Å². The summed E-state index contributed by atoms with van der Waals surface area (Å²) in [5, 5.41) is 0. The number of aryl methyl sites for hydroxylation is 1. The quantitative estimate of drug-likeness (QED) is 0.708. The molecular formula is C19H25NO3S2. The van der Waals surface area contributed by atoms with Crippen LogP contribution in [0.1, 0.15) is 22.3 Å². The van der Waals surface area contributed by atoms with Crippen LogP contribution in [-0.4, -0.2) is 27.8 Å². The molecule has 2 rings (SSSR count). The third-order valence-corrected chi connectivity index (χ3v) is 6.90. The van der Waals surface area contributed by atoms with Gasteiger partial charge >= 0.3 is 0 Å². The molecule has 0 atom stereocenters. The van der Waals surface area contributed by atoms with Crippen LogP contribution in [0, 0.1) is 20.8 Å². The number of hydrogen-bond donors (Lipinski definition) is 1. The average molecular weight is 380 g/mol. The molecule has 0 aliphatic rings. The van der Waals surface area contributed by atoms with Crippen LogP contribution >= 0.6 is 11.8 Å². The highest BCUT2D eigenvalue weighted by molar-refractivity contribution is 7.98. The van der Waals surface area contributed by atoms with Crippen LogP contribution in [0.5, 0.6) is 5.75 Å². The van der Waals surface area contributed by atoms with Gasteiger partial charge in [0, 0.05) is 18.1 Å². The maximum atomic E-state index is 12.7. The summed E-state index contributed by atoms with van der Waals surface area (Å²) in [7, 11) is -1.94. The lowest BCUT2D eigenvalue weighted by molar-refractivity contribution is 0.410. The van der Waals surface area contributed by atoms with Crippen LogP contribution in [0.15, 0.2) is 41.3 Å². The molecule has 6 heteroatoms. The standard InChI is InChI=1S/C19H25NO3S2/c1-14-12-18(23-4)15(2)16(3)19(14)25(21,22)20-10-11-24-13-17-8-6-5-7-9-17/h5-9,12,20H,10-11,13H2,1-4H3. The molecule has 0 aliphatic carbocycles. The number of hydrogen-bond acceptors (Lipinski definition) is 4. The van der Waals surface area contributed by atoms with Gasteiger partial charge in [-0.2, -0.15) is 11.8 Å². The van der Waals surface area contributed by atoms with Crippen LogP contribution in [-0.2, 0) is 15.8 Å². The van der Waals surface area contributed by atoms with Crippen molar-refractivity contribution in [3.63, 3.8) is 0 Å². The molecule has 2 aromatic carbocycles. The number of rotatable bonds is 8. The highest BCUT2D eigenvalue weighted by atomic mass is 32.2. The van der Waals surface area contributed by atoms with Gasteiger partial charge in [-0.15, -0.1) is 0 Å². The second kappa shape index (κ2) is 8.74. The number of ether oxygens (including phenoxy) is 1. The second-order valence-corrected chi connectivity index (χ2v) is 8.72. The largest absolute Gasteiger partial charge is 0.496 e. The van der Waals surface area contributed by atoms with Crippen molar-refractivity contribution in [1.29, 1.82) is 0 Å². The van der Waals surface area contributed by atoms with Crippen LogP contribution in [0.3, 0.4) is 0 Å². The number of benzene rings is 2. The summed E-state index contributed by atoms with van der Waals surface area (Å²) < 4.78 is 33.4. The van der Waals surface area contributed by atoms with Crippen LogP contribution in [0.4, 0.5) is 0 Å². The highest BCUT2D eigenvalue weighted by Gasteiger charge is 2.22. The van der Waals surface area contributed by atoms with Gasteiger partial charge < -0.3 is 4.74 Å². The van der Waals surface area contributed by atoms with E-state index in [1.165, 1.54) is 5.56 Å². The van der Waals surface area contributed by atoms with E-state index in [0.29, 0.717) is 22.8 Å². The Kier molecular flexibility index (Phi) is 6.93. The van der Waals surface area contributed by atoms with E-state index in [4.69, 9.17) is 4.74 Å². The number of methoxy groups -OCH3 is 1. The molecule has 1 N–H and O–H groups in total. The molecule has 2 aromatic rings. The molecule has 0 bridgehead atoms. The molecule has 0 aromatic heterocycles. The minimum absolute atomic E-state index is 0.360. The third-order valence-electron chi connectivity index (χ3n) is 4.12. The van der Waals surface area contributed by atoms with E-state index in [1.807, 2.05) is 32.0 Å². The first kappa shape index (κ1) is 19.8. The van der Waals surface area contributed by atoms with Crippen molar-refractivity contribution in [2.24, 2.45) is 0 Å². The van der Waals surface area contributed by atoms with E-state index in [9.17, 15) is 8.42 Å². The summed E-state index contributed by atoms with van der Waals surface area (Å²) >= 11 is 1.71. The topological polar surface area (TPSA) is 55.4 Å². The number of thioether (sulfide) groups is 1. The van der Waals surface area contributed by atoms with Crippen molar-refractivity contribution < 1.29 is 13.2 Å². The summed E-state index contributed by atoms with van der Waals surface area (Å²) in [6.45, 7) is 5.91. The van der Waals surface area contributed by atoms with E-state index in [-0.39, 0.29) is 0 Å². The van der Waals surface area contributed by atoms with Crippen molar-refractivity contribution in [2.75, 3.05) is 19.4 Å². The monoisotopic (exact) mass is 379 g/mol. The summed E-state index contributed by atoms with van der Waals surface area (Å²) in [6, 6.07) is 11.9. The minimum atomic E-state index is -3.53. The van der Waals surface area contributed by atoms with Gasteiger partial charge in [0.05, 0.1) is 12.0 Å². The molecule has 0 amide bonds. The van der Waals surface area contributed by atoms with Crippen LogP contribution in [0.2, 0.25) is 0 Å². The van der Waals surface area contributed by atoms with Gasteiger partial charge in [-0.1, -0.05) is 30.3 Å². The van der Waals surface area contributed by atoms with Crippen molar-refractivity contribution in [2.45, 2.75) is 31.4 Å². The lowest BCUT2D eigenvalue weighted by Crippen LogP contribution is -2.27. The zero-order chi connectivity index (χ0) is 18.4. The fourth-order valence-electron chi connectivity index (χ4n) is 2.73. The first-order chi connectivity index (χ1) is 11.9. The molecule has 0 aliphatic heterocycles. The predicted octanol–water partition coefficient (Wildman–Crippen LogP) is 3.83. The van der Waals surface area contributed by atoms with E-state index < -0.39 is 10.0 Å². The fourth-order valence-corrected chi connectivity index (χ4v) is 5.23. The Labute approximate surface area is 155 Å². The van der Waals surface area contributed by atoms with Gasteiger partial charge in [0.2, 0.25) is 10.0 Å². The van der Waals surface area contributed by atoms with E-state index in [0.717, 1.165) is 22.6 Å². The molecule has 136 valence electrons. The third kappa shape index (κ3) is 5.00. The first-order valence-corrected chi connectivity index (χ1v) is 10.8. The predicted molar refractivity (Wildman–Crippen MR) is 105 cm³/mol. The van der Waals surface area contributed by atoms with Crippen LogP contribution < -0.4 is 9.46 Å². The fraction of sp³-hybridized carbons (Fsp3) is 0.368. The van der Waals surface area contributed by atoms with Gasteiger partial charge in [-0.25, -0.2) is 13.1 Å². The SMILES string of the molecule is COc1cc(C)c(S(=O)(=O)NCCSCc2ccccc2)c(C)c1C. The summed E-state index contributed by atoms with van der Waals surface area (Å²) in [4.78, 5) is 0.360. The molecular weight excluding hydrogens is 354 g/mol. The second-order valence-electron chi connectivity index (χ2n) is 5.91. The maximum absolute atomic E-state index is 12.7. The Hall–Kier alpha value is -1.50. The Morgan fingerprint density at radius 2 is 1.76 bits per heavy atom. The van der Waals surface area contributed by atoms with E-state index in [1.54, 1.807) is 31.9 Å². The first-order valence-electron chi connectivity index (χ1n) is 8.13. The molecule has 0 saturated carbocycles. The van der Waals surface area contributed by atoms with Gasteiger partial charge in [0.1, 0.15) is 5.75 Å². The Balaban J connectivity index is 1.99. The lowest BCUT2D eigenvalue weighted by Gasteiger charge is -2.16. The van der Waals surface area contributed by atoms with E-state index >= 15 is 0 Å². The van der Waals surface area contributed by atoms with Gasteiger partial charge in [-0.05, 0) is 49.1 Å². The number of sulfonamides is 1. The Morgan fingerprint density at radius 1 is 1.08 bits per heavy atom. The summed E-state index contributed by atoms with van der Waals surface area (Å²) in [5.41, 5.74) is 3.53. The summed E-state index contributed by atoms with van der Waals surface area (Å²) in [6.07, 6.45) is 0. The van der Waals surface area contributed by atoms with Crippen molar-refractivity contribution in [3.8, 4) is 5.75 Å². The highest BCUT2D eigenvalue weighted by Crippen LogP contribution is 2.30. The molecule has 0 spiro atoms. The average Bonchev–Trinajstić information content (AvgIpc) is 2.58. The normalized spacial score (nSPS) is 11.5. The van der Waals surface area contributed by atoms with Crippen molar-refractivity contribution in [3.05, 3.63) is 58.7 Å². The Bertz CT molecular complexity index is 818. The molecule has 0 unspecified atom stereocenters. The zero-order valence-corrected chi connectivity index (χ0v) is 16.8. The lowest BCUT2D eigenvalue weighted by atomic mass is 10.1. The van der Waals surface area contributed by atoms with E-state index in [2.05, 4.69) is 16.9 Å². The number of nitrogens with one attached hydrogen (secondary N) is 1.